The van der Waals surface area contributed by atoms with Crippen molar-refractivity contribution in [3.63, 3.8) is 0 Å². The molecule has 1 aromatic heterocycles. The monoisotopic (exact) mass is 407 g/mol. The zero-order chi connectivity index (χ0) is 20.8. The molecule has 2 aromatic rings. The molecule has 1 amide bonds. The van der Waals surface area contributed by atoms with Crippen LogP contribution in [0.15, 0.2) is 36.7 Å². The van der Waals surface area contributed by atoms with Crippen molar-refractivity contribution in [2.24, 2.45) is 0 Å². The number of nitrogens with zero attached hydrogens (tertiary/aromatic N) is 4. The van der Waals surface area contributed by atoms with E-state index in [1.165, 1.54) is 12.4 Å². The van der Waals surface area contributed by atoms with Gasteiger partial charge in [0.2, 0.25) is 5.69 Å². The fourth-order valence-corrected chi connectivity index (χ4v) is 3.88. The summed E-state index contributed by atoms with van der Waals surface area (Å²) in [6.07, 6.45) is 6.21. The predicted octanol–water partition coefficient (Wildman–Crippen LogP) is 2.30. The van der Waals surface area contributed by atoms with Crippen LogP contribution in [0.3, 0.4) is 0 Å². The Hall–Kier alpha value is -3.18. The lowest BCUT2D eigenvalue weighted by atomic mass is 9.92. The fraction of sp³-hybridized carbons (Fsp3) is 0.455. The third-order valence-corrected chi connectivity index (χ3v) is 5.56. The number of morpholine rings is 1. The number of nitrogens with one attached hydrogen (secondary N) is 1. The molecule has 156 valence electrons. The fourth-order valence-electron chi connectivity index (χ4n) is 3.88. The molecule has 2 aliphatic rings. The standard InChI is InChI=1S/C22H25N5O3/c23-15-20-22(25-10-9-24-20)30-19-7-3-17(4-8-19)26-21(28)16-1-5-18(6-2-16)27-11-13-29-14-12-27/h1-2,5-6,9-10,17,19H,3-4,7-8,11-14H2,(H,26,28). The van der Waals surface area contributed by atoms with E-state index in [1.54, 1.807) is 0 Å². The maximum absolute atomic E-state index is 12.6. The number of hydrogen-bond acceptors (Lipinski definition) is 7. The van der Waals surface area contributed by atoms with E-state index in [4.69, 9.17) is 14.7 Å². The van der Waals surface area contributed by atoms with Gasteiger partial charge in [0.25, 0.3) is 11.8 Å². The largest absolute Gasteiger partial charge is 0.472 e. The summed E-state index contributed by atoms with van der Waals surface area (Å²) < 4.78 is 11.2. The molecular weight excluding hydrogens is 382 g/mol. The van der Waals surface area contributed by atoms with Gasteiger partial charge < -0.3 is 19.7 Å². The molecule has 8 heteroatoms. The minimum absolute atomic E-state index is 0.0187. The number of benzene rings is 1. The highest BCUT2D eigenvalue weighted by atomic mass is 16.5. The zero-order valence-electron chi connectivity index (χ0n) is 16.8. The van der Waals surface area contributed by atoms with E-state index in [-0.39, 0.29) is 29.6 Å². The van der Waals surface area contributed by atoms with Crippen molar-refractivity contribution >= 4 is 11.6 Å². The van der Waals surface area contributed by atoms with E-state index in [9.17, 15) is 4.79 Å². The molecule has 2 heterocycles. The van der Waals surface area contributed by atoms with Crippen LogP contribution >= 0.6 is 0 Å². The molecule has 0 bridgehead atoms. The SMILES string of the molecule is N#Cc1nccnc1OC1CCC(NC(=O)c2ccc(N3CCOCC3)cc2)CC1. The summed E-state index contributed by atoms with van der Waals surface area (Å²) in [5.41, 5.74) is 1.99. The van der Waals surface area contributed by atoms with Gasteiger partial charge in [-0.2, -0.15) is 5.26 Å². The Morgan fingerprint density at radius 3 is 2.50 bits per heavy atom. The van der Waals surface area contributed by atoms with Crippen molar-refractivity contribution in [2.75, 3.05) is 31.2 Å². The highest BCUT2D eigenvalue weighted by molar-refractivity contribution is 5.94. The van der Waals surface area contributed by atoms with Crippen LogP contribution < -0.4 is 15.0 Å². The van der Waals surface area contributed by atoms with Crippen molar-refractivity contribution in [3.8, 4) is 11.9 Å². The third kappa shape index (κ3) is 4.86. The van der Waals surface area contributed by atoms with E-state index in [2.05, 4.69) is 20.2 Å². The van der Waals surface area contributed by atoms with Crippen molar-refractivity contribution in [1.82, 2.24) is 15.3 Å². The first-order valence-electron chi connectivity index (χ1n) is 10.3. The molecule has 1 saturated heterocycles. The summed E-state index contributed by atoms with van der Waals surface area (Å²) in [6, 6.07) is 9.88. The van der Waals surface area contributed by atoms with E-state index in [1.807, 2.05) is 30.3 Å². The number of rotatable bonds is 5. The van der Waals surface area contributed by atoms with Gasteiger partial charge in [0.1, 0.15) is 12.2 Å². The Balaban J connectivity index is 1.26. The number of carbonyl (C=O) groups excluding carboxylic acids is 1. The molecule has 1 saturated carbocycles. The van der Waals surface area contributed by atoms with E-state index >= 15 is 0 Å². The van der Waals surface area contributed by atoms with Crippen LogP contribution in [0.1, 0.15) is 41.7 Å². The van der Waals surface area contributed by atoms with Crippen molar-refractivity contribution in [3.05, 3.63) is 47.9 Å². The van der Waals surface area contributed by atoms with Crippen LogP contribution in [-0.4, -0.2) is 54.3 Å². The summed E-state index contributed by atoms with van der Waals surface area (Å²) in [5, 5.41) is 12.2. The molecule has 0 atom stereocenters. The maximum Gasteiger partial charge on any atom is 0.251 e. The molecule has 1 N–H and O–H groups in total. The Kier molecular flexibility index (Phi) is 6.40. The predicted molar refractivity (Wildman–Crippen MR) is 110 cm³/mol. The third-order valence-electron chi connectivity index (χ3n) is 5.56. The van der Waals surface area contributed by atoms with Crippen LogP contribution in [0.2, 0.25) is 0 Å². The van der Waals surface area contributed by atoms with Gasteiger partial charge in [-0.3, -0.25) is 4.79 Å². The lowest BCUT2D eigenvalue weighted by Gasteiger charge is -2.30. The molecule has 0 radical (unpaired) electrons. The smallest absolute Gasteiger partial charge is 0.251 e. The molecule has 0 unspecified atom stereocenters. The average Bonchev–Trinajstić information content (AvgIpc) is 2.81. The van der Waals surface area contributed by atoms with Crippen LogP contribution in [0.4, 0.5) is 5.69 Å². The Bertz CT molecular complexity index is 898. The minimum atomic E-state index is -0.0476. The molecule has 1 aliphatic carbocycles. The lowest BCUT2D eigenvalue weighted by Crippen LogP contribution is -2.40. The molecule has 4 rings (SSSR count). The van der Waals surface area contributed by atoms with Gasteiger partial charge in [0.15, 0.2) is 0 Å². The Labute approximate surface area is 175 Å². The second kappa shape index (κ2) is 9.55. The summed E-state index contributed by atoms with van der Waals surface area (Å²) in [6.45, 7) is 3.23. The van der Waals surface area contributed by atoms with E-state index in [0.29, 0.717) is 5.56 Å². The average molecular weight is 407 g/mol. The van der Waals surface area contributed by atoms with Crippen molar-refractivity contribution in [1.29, 1.82) is 5.26 Å². The normalized spacial score (nSPS) is 21.5. The van der Waals surface area contributed by atoms with Gasteiger partial charge in [0.05, 0.1) is 13.2 Å². The topological polar surface area (TPSA) is 100 Å². The van der Waals surface area contributed by atoms with E-state index in [0.717, 1.165) is 57.7 Å². The van der Waals surface area contributed by atoms with Crippen LogP contribution in [0, 0.1) is 11.3 Å². The number of carbonyl (C=O) groups is 1. The van der Waals surface area contributed by atoms with Gasteiger partial charge in [0, 0.05) is 42.8 Å². The number of amides is 1. The molecule has 8 nitrogen and oxygen atoms in total. The summed E-state index contributed by atoms with van der Waals surface area (Å²) >= 11 is 0. The maximum atomic E-state index is 12.6. The molecule has 1 aliphatic heterocycles. The van der Waals surface area contributed by atoms with Gasteiger partial charge >= 0.3 is 0 Å². The molecular formula is C22H25N5O3. The first-order valence-corrected chi connectivity index (χ1v) is 10.3. The van der Waals surface area contributed by atoms with Gasteiger partial charge in [-0.15, -0.1) is 0 Å². The molecule has 30 heavy (non-hydrogen) atoms. The highest BCUT2D eigenvalue weighted by Gasteiger charge is 2.25. The van der Waals surface area contributed by atoms with Gasteiger partial charge in [-0.05, 0) is 49.9 Å². The summed E-state index contributed by atoms with van der Waals surface area (Å²) in [4.78, 5) is 23.0. The number of hydrogen-bond donors (Lipinski definition) is 1. The second-order valence-electron chi connectivity index (χ2n) is 7.53. The number of aromatic nitrogens is 2. The van der Waals surface area contributed by atoms with Crippen LogP contribution in [-0.2, 0) is 4.74 Å². The summed E-state index contributed by atoms with van der Waals surface area (Å²) in [7, 11) is 0. The number of anilines is 1. The van der Waals surface area contributed by atoms with Crippen molar-refractivity contribution < 1.29 is 14.3 Å². The lowest BCUT2D eigenvalue weighted by molar-refractivity contribution is 0.0889. The van der Waals surface area contributed by atoms with Crippen molar-refractivity contribution in [2.45, 2.75) is 37.8 Å². The first-order chi connectivity index (χ1) is 14.7. The van der Waals surface area contributed by atoms with Crippen LogP contribution in [0.25, 0.3) is 0 Å². The Morgan fingerprint density at radius 2 is 1.80 bits per heavy atom. The van der Waals surface area contributed by atoms with Crippen LogP contribution in [0.5, 0.6) is 5.88 Å². The first kappa shape index (κ1) is 20.1. The number of ether oxygens (including phenoxy) is 2. The Morgan fingerprint density at radius 1 is 1.10 bits per heavy atom. The number of nitriles is 1. The molecule has 1 aromatic carbocycles. The quantitative estimate of drug-likeness (QED) is 0.812. The van der Waals surface area contributed by atoms with Gasteiger partial charge in [-0.25, -0.2) is 9.97 Å². The zero-order valence-corrected chi connectivity index (χ0v) is 16.8. The molecule has 2 fully saturated rings. The van der Waals surface area contributed by atoms with E-state index < -0.39 is 0 Å². The second-order valence-corrected chi connectivity index (χ2v) is 7.53. The summed E-state index contributed by atoms with van der Waals surface area (Å²) in [5.74, 6) is 0.237. The van der Waals surface area contributed by atoms with Gasteiger partial charge in [-0.1, -0.05) is 0 Å². The highest BCUT2D eigenvalue weighted by Crippen LogP contribution is 2.24. The molecule has 0 spiro atoms. The minimum Gasteiger partial charge on any atom is -0.472 e.